The molecular formula is C45H60N8O13S. The summed E-state index contributed by atoms with van der Waals surface area (Å²) in [6, 6.07) is 6.17. The zero-order valence-electron chi connectivity index (χ0n) is 37.8. The van der Waals surface area contributed by atoms with E-state index in [0.717, 1.165) is 28.4 Å². The van der Waals surface area contributed by atoms with Gasteiger partial charge in [-0.3, -0.25) is 47.9 Å². The quantitative estimate of drug-likeness (QED) is 0.0521. The summed E-state index contributed by atoms with van der Waals surface area (Å²) in [4.78, 5) is 126. The lowest BCUT2D eigenvalue weighted by molar-refractivity contribution is -0.144. The number of likely N-dealkylation sites (N-methyl/N-ethyl adjacent to an activating group) is 1. The van der Waals surface area contributed by atoms with E-state index in [4.69, 9.17) is 5.11 Å². The van der Waals surface area contributed by atoms with Crippen molar-refractivity contribution in [2.24, 2.45) is 5.92 Å². The van der Waals surface area contributed by atoms with E-state index in [1.54, 1.807) is 9.47 Å². The van der Waals surface area contributed by atoms with Crippen LogP contribution in [-0.4, -0.2) is 123 Å². The molecule has 67 heavy (non-hydrogen) atoms. The number of nitrogens with one attached hydrogen (secondary N) is 6. The Morgan fingerprint density at radius 3 is 1.85 bits per heavy atom. The molecular weight excluding hydrogens is 893 g/mol. The van der Waals surface area contributed by atoms with Crippen LogP contribution in [0.3, 0.4) is 0 Å². The molecule has 3 atom stereocenters. The van der Waals surface area contributed by atoms with Gasteiger partial charge in [-0.25, -0.2) is 0 Å². The Morgan fingerprint density at radius 1 is 0.731 bits per heavy atom. The number of thiophene rings is 1. The molecule has 1 saturated carbocycles. The Labute approximate surface area is 390 Å². The number of benzene rings is 1. The summed E-state index contributed by atoms with van der Waals surface area (Å²) in [5, 5.41) is 44.6. The van der Waals surface area contributed by atoms with Crippen molar-refractivity contribution in [3.05, 3.63) is 53.0 Å². The number of rotatable bonds is 26. The van der Waals surface area contributed by atoms with Crippen LogP contribution in [0.1, 0.15) is 101 Å². The minimum atomic E-state index is -1.85. The second-order valence-electron chi connectivity index (χ2n) is 16.5. The van der Waals surface area contributed by atoms with Crippen molar-refractivity contribution in [2.75, 3.05) is 24.5 Å². The van der Waals surface area contributed by atoms with E-state index in [1.165, 1.54) is 11.3 Å². The zero-order valence-corrected chi connectivity index (χ0v) is 38.6. The highest BCUT2D eigenvalue weighted by atomic mass is 32.1. The highest BCUT2D eigenvalue weighted by Gasteiger charge is 2.33. The maximum absolute atomic E-state index is 13.7. The average molecular weight is 953 g/mol. The minimum Gasteiger partial charge on any atom is -0.481 e. The van der Waals surface area contributed by atoms with Gasteiger partial charge in [0, 0.05) is 44.2 Å². The van der Waals surface area contributed by atoms with Crippen molar-refractivity contribution in [3.63, 3.8) is 0 Å². The van der Waals surface area contributed by atoms with Crippen LogP contribution < -0.4 is 36.8 Å². The molecule has 3 unspecified atom stereocenters. The van der Waals surface area contributed by atoms with Gasteiger partial charge < -0.3 is 56.7 Å². The third-order valence-corrected chi connectivity index (χ3v) is 12.1. The van der Waals surface area contributed by atoms with Crippen LogP contribution in [0.5, 0.6) is 0 Å². The number of aromatic nitrogens is 1. The predicted octanol–water partition coefficient (Wildman–Crippen LogP) is 2.04. The lowest BCUT2D eigenvalue weighted by atomic mass is 9.85. The first-order valence-electron chi connectivity index (χ1n) is 22.2. The van der Waals surface area contributed by atoms with E-state index in [2.05, 4.69) is 26.6 Å². The van der Waals surface area contributed by atoms with E-state index >= 15 is 0 Å². The number of amides is 7. The molecule has 0 spiro atoms. The van der Waals surface area contributed by atoms with Gasteiger partial charge in [0.05, 0.1) is 29.5 Å². The summed E-state index contributed by atoms with van der Waals surface area (Å²) >= 11 is 1.50. The van der Waals surface area contributed by atoms with E-state index in [0.29, 0.717) is 70.2 Å². The summed E-state index contributed by atoms with van der Waals surface area (Å²) in [6.07, 6.45) is 2.11. The number of unbranched alkanes of at least 4 members (excludes halogenated alkanes) is 3. The fourth-order valence-corrected chi connectivity index (χ4v) is 8.67. The molecule has 2 heterocycles. The molecule has 364 valence electrons. The second-order valence-corrected chi connectivity index (χ2v) is 17.4. The van der Waals surface area contributed by atoms with Gasteiger partial charge in [-0.1, -0.05) is 25.0 Å². The van der Waals surface area contributed by atoms with Crippen LogP contribution in [-0.2, 0) is 49.7 Å². The molecule has 2 aromatic heterocycles. The number of nitrogens with zero attached hydrogens (tertiary/aromatic N) is 2. The maximum Gasteiger partial charge on any atom is 0.305 e. The van der Waals surface area contributed by atoms with Crippen molar-refractivity contribution >= 4 is 86.5 Å². The van der Waals surface area contributed by atoms with Crippen molar-refractivity contribution in [1.29, 1.82) is 0 Å². The number of fused-ring (bicyclic) bond motifs is 1. The monoisotopic (exact) mass is 952 g/mol. The summed E-state index contributed by atoms with van der Waals surface area (Å²) in [7, 11) is 0. The average Bonchev–Trinajstić information content (AvgIpc) is 3.86. The molecule has 1 fully saturated rings. The fraction of sp³-hybridized carbons (Fsp3) is 0.511. The molecule has 7 amide bonds. The number of carbonyl (C=O) groups is 10. The van der Waals surface area contributed by atoms with Crippen LogP contribution in [0.25, 0.3) is 10.2 Å². The van der Waals surface area contributed by atoms with E-state index in [-0.39, 0.29) is 42.8 Å². The number of aliphatic carboxylic acids is 3. The first-order valence-corrected chi connectivity index (χ1v) is 23.1. The Hall–Kier alpha value is -6.84. The third-order valence-electron chi connectivity index (χ3n) is 11.2. The lowest BCUT2D eigenvalue weighted by Crippen LogP contribution is -2.57. The number of hydrogen-bond donors (Lipinski definition) is 9. The van der Waals surface area contributed by atoms with Gasteiger partial charge in [0.15, 0.2) is 0 Å². The first-order chi connectivity index (χ1) is 31.9. The minimum absolute atomic E-state index is 0.000324. The normalized spacial score (nSPS) is 15.8. The van der Waals surface area contributed by atoms with Gasteiger partial charge in [-0.15, -0.1) is 11.3 Å². The highest BCUT2D eigenvalue weighted by Crippen LogP contribution is 2.28. The number of aryl methyl sites for hydroxylation is 1. The topological polar surface area (TPSA) is 312 Å². The number of carbonyl (C=O) groups excluding carboxylic acids is 7. The molecule has 1 aliphatic rings. The molecule has 4 rings (SSSR count). The van der Waals surface area contributed by atoms with Gasteiger partial charge >= 0.3 is 17.9 Å². The number of hydrogen-bond acceptors (Lipinski definition) is 11. The molecule has 3 aromatic rings. The van der Waals surface area contributed by atoms with Crippen molar-refractivity contribution in [2.45, 2.75) is 122 Å². The summed E-state index contributed by atoms with van der Waals surface area (Å²) < 4.78 is 2.68. The zero-order chi connectivity index (χ0) is 49.2. The first kappa shape index (κ1) is 52.8. The molecule has 1 aliphatic carbocycles. The molecule has 0 radical (unpaired) electrons. The van der Waals surface area contributed by atoms with E-state index in [1.807, 2.05) is 60.9 Å². The van der Waals surface area contributed by atoms with Gasteiger partial charge in [0.2, 0.25) is 35.4 Å². The Balaban J connectivity index is 1.16. The van der Waals surface area contributed by atoms with Crippen LogP contribution >= 0.6 is 11.3 Å². The van der Waals surface area contributed by atoms with Crippen LogP contribution in [0, 0.1) is 12.8 Å². The van der Waals surface area contributed by atoms with Crippen LogP contribution in [0.15, 0.2) is 41.8 Å². The molecule has 0 bridgehead atoms. The Kier molecular flexibility index (Phi) is 20.3. The smallest absolute Gasteiger partial charge is 0.305 e. The lowest BCUT2D eigenvalue weighted by Gasteiger charge is -2.28. The molecule has 1 aromatic carbocycles. The third kappa shape index (κ3) is 16.5. The summed E-state index contributed by atoms with van der Waals surface area (Å²) in [6.45, 7) is 5.91. The number of anilines is 1. The largest absolute Gasteiger partial charge is 0.481 e. The summed E-state index contributed by atoms with van der Waals surface area (Å²) in [5.41, 5.74) is 3.06. The molecule has 0 aliphatic heterocycles. The molecule has 0 saturated heterocycles. The number of carboxylic acid groups (broad SMARTS) is 3. The molecule has 9 N–H and O–H groups in total. The van der Waals surface area contributed by atoms with Crippen molar-refractivity contribution in [3.8, 4) is 0 Å². The van der Waals surface area contributed by atoms with Crippen LogP contribution in [0.4, 0.5) is 5.69 Å². The maximum atomic E-state index is 13.7. The van der Waals surface area contributed by atoms with Crippen LogP contribution in [0.2, 0.25) is 0 Å². The Morgan fingerprint density at radius 2 is 1.30 bits per heavy atom. The van der Waals surface area contributed by atoms with E-state index in [9.17, 15) is 58.2 Å². The van der Waals surface area contributed by atoms with Gasteiger partial charge in [0.1, 0.15) is 30.4 Å². The van der Waals surface area contributed by atoms with E-state index < -0.39 is 78.9 Å². The van der Waals surface area contributed by atoms with Crippen molar-refractivity contribution in [1.82, 2.24) is 36.5 Å². The molecule has 22 heteroatoms. The van der Waals surface area contributed by atoms with Gasteiger partial charge in [0.25, 0.3) is 5.91 Å². The van der Waals surface area contributed by atoms with Gasteiger partial charge in [-0.2, -0.15) is 0 Å². The standard InChI is InChI=1S/C45H60N8O13S/c1-4-52(30-11-9-10-26(2)20-30)37(55)25-53-34-16-19-67-36(34)24-35(53)45(66)49-29-14-12-28(13-15-29)41(62)46-17-7-5-6-8-18-47-42(63)31(21-38(56)57)50-44(65)33(23-40(60)61)51-43(64)32(22-39(58)59)48-27(3)54/h9-11,16,19-20,24,28-29,31-33H,4-8,12-15,17-18,21-23,25H2,1-3H3,(H,46,62)(H,47,63)(H,48,54)(H,49,66)(H,50,65)(H,51,64)(H,56,57)(H,58,59)(H,60,61)/t28-,29-,31?,32?,33?. The SMILES string of the molecule is CCN(C(=O)Cn1c(C(=O)N[C@H]2CC[C@H](C(=O)NCCCCCCNC(=O)C(CC(=O)O)NC(=O)C(CC(=O)O)NC(=O)C(CC(=O)O)NC(C)=O)CC2)cc2sccc21)c1cccc(C)c1. The van der Waals surface area contributed by atoms with Crippen molar-refractivity contribution < 1.29 is 63.3 Å². The predicted molar refractivity (Wildman–Crippen MR) is 245 cm³/mol. The fourth-order valence-electron chi connectivity index (χ4n) is 7.85. The molecule has 21 nitrogen and oxygen atoms in total. The number of carboxylic acids is 3. The summed E-state index contributed by atoms with van der Waals surface area (Å²) in [5.74, 6) is -9.20. The highest BCUT2D eigenvalue weighted by molar-refractivity contribution is 7.17. The second kappa shape index (κ2) is 25.7. The Bertz CT molecular complexity index is 2270. The van der Waals surface area contributed by atoms with Gasteiger partial charge in [-0.05, 0) is 87.6 Å².